The highest BCUT2D eigenvalue weighted by Gasteiger charge is 2.35. The molecule has 0 unspecified atom stereocenters. The van der Waals surface area contributed by atoms with Crippen molar-refractivity contribution in [2.24, 2.45) is 5.92 Å². The number of rotatable bonds is 9. The lowest BCUT2D eigenvalue weighted by Gasteiger charge is -2.32. The Morgan fingerprint density at radius 2 is 1.54 bits per heavy atom. The summed E-state index contributed by atoms with van der Waals surface area (Å²) in [5.74, 6) is 0.0980. The third-order valence-corrected chi connectivity index (χ3v) is 8.50. The molecular formula is C31H41N3O3. The first-order chi connectivity index (χ1) is 18.1. The van der Waals surface area contributed by atoms with Gasteiger partial charge in [-0.15, -0.1) is 0 Å². The smallest absolute Gasteiger partial charge is 0.318 e. The van der Waals surface area contributed by atoms with E-state index in [0.29, 0.717) is 18.6 Å². The van der Waals surface area contributed by atoms with Gasteiger partial charge in [-0.3, -0.25) is 4.79 Å². The van der Waals surface area contributed by atoms with E-state index in [1.54, 1.807) is 0 Å². The topological polar surface area (TPSA) is 81.7 Å². The second-order valence-electron chi connectivity index (χ2n) is 11.2. The number of nitrogens with one attached hydrogen (secondary N) is 2. The maximum atomic E-state index is 13.4. The molecule has 198 valence electrons. The quantitative estimate of drug-likeness (QED) is 0.427. The summed E-state index contributed by atoms with van der Waals surface area (Å²) < 4.78 is 0. The van der Waals surface area contributed by atoms with Gasteiger partial charge in [-0.25, -0.2) is 4.79 Å². The fourth-order valence-corrected chi connectivity index (χ4v) is 6.19. The van der Waals surface area contributed by atoms with E-state index in [4.69, 9.17) is 0 Å². The number of carbonyl (C=O) groups is 2. The summed E-state index contributed by atoms with van der Waals surface area (Å²) in [6, 6.07) is 18.7. The number of carbonyl (C=O) groups excluding carboxylic acids is 2. The number of benzene rings is 2. The highest BCUT2D eigenvalue weighted by Crippen LogP contribution is 2.39. The Morgan fingerprint density at radius 3 is 2.22 bits per heavy atom. The molecular weight excluding hydrogens is 462 g/mol. The molecule has 0 heterocycles. The molecule has 0 radical (unpaired) electrons. The SMILES string of the molecule is O=C(N[C@@H](CO)c1ccccc1)[C@H]1CCCC[C@@H]1c1ccc(CN(C(=O)NC2CCCC2)C2CC2)cc1. The summed E-state index contributed by atoms with van der Waals surface area (Å²) in [6.45, 7) is 0.515. The average Bonchev–Trinajstić information content (AvgIpc) is 3.66. The molecule has 3 N–H and O–H groups in total. The molecule has 0 saturated heterocycles. The van der Waals surface area contributed by atoms with Crippen molar-refractivity contribution in [3.8, 4) is 0 Å². The molecule has 6 nitrogen and oxygen atoms in total. The summed E-state index contributed by atoms with van der Waals surface area (Å²) in [6.07, 6.45) is 10.8. The molecule has 2 aromatic rings. The molecule has 0 bridgehead atoms. The second-order valence-corrected chi connectivity index (χ2v) is 11.2. The number of aliphatic hydroxyl groups is 1. The van der Waals surface area contributed by atoms with Gasteiger partial charge in [-0.05, 0) is 61.1 Å². The molecule has 0 aromatic heterocycles. The molecule has 37 heavy (non-hydrogen) atoms. The van der Waals surface area contributed by atoms with E-state index < -0.39 is 0 Å². The van der Waals surface area contributed by atoms with E-state index in [1.165, 1.54) is 18.4 Å². The Bertz CT molecular complexity index is 1030. The van der Waals surface area contributed by atoms with E-state index in [9.17, 15) is 14.7 Å². The fourth-order valence-electron chi connectivity index (χ4n) is 6.19. The van der Waals surface area contributed by atoms with Gasteiger partial charge in [0.2, 0.25) is 5.91 Å². The zero-order valence-corrected chi connectivity index (χ0v) is 21.8. The molecule has 3 fully saturated rings. The van der Waals surface area contributed by atoms with Crippen molar-refractivity contribution in [1.82, 2.24) is 15.5 Å². The van der Waals surface area contributed by atoms with Crippen LogP contribution in [0.2, 0.25) is 0 Å². The van der Waals surface area contributed by atoms with Gasteiger partial charge in [-0.2, -0.15) is 0 Å². The molecule has 3 atom stereocenters. The van der Waals surface area contributed by atoms with Gasteiger partial charge in [0.05, 0.1) is 12.6 Å². The minimum atomic E-state index is -0.387. The predicted molar refractivity (Wildman–Crippen MR) is 145 cm³/mol. The Hall–Kier alpha value is -2.86. The highest BCUT2D eigenvalue weighted by atomic mass is 16.3. The van der Waals surface area contributed by atoms with Crippen LogP contribution >= 0.6 is 0 Å². The van der Waals surface area contributed by atoms with Crippen molar-refractivity contribution < 1.29 is 14.7 Å². The van der Waals surface area contributed by atoms with Crippen molar-refractivity contribution in [2.75, 3.05) is 6.61 Å². The standard InChI is InChI=1S/C31H41N3O3/c35-21-29(24-8-2-1-3-9-24)33-30(36)28-13-7-6-12-27(28)23-16-14-22(15-17-23)20-34(26-18-19-26)31(37)32-25-10-4-5-11-25/h1-3,8-9,14-17,25-29,35H,4-7,10-13,18-21H2,(H,32,37)(H,33,36)/t27-,28+,29+/m1/s1. The van der Waals surface area contributed by atoms with Crippen LogP contribution in [-0.2, 0) is 11.3 Å². The zero-order valence-electron chi connectivity index (χ0n) is 21.8. The van der Waals surface area contributed by atoms with Crippen molar-refractivity contribution in [1.29, 1.82) is 0 Å². The highest BCUT2D eigenvalue weighted by molar-refractivity contribution is 5.80. The summed E-state index contributed by atoms with van der Waals surface area (Å²) in [5.41, 5.74) is 3.25. The summed E-state index contributed by atoms with van der Waals surface area (Å²) >= 11 is 0. The maximum absolute atomic E-state index is 13.4. The minimum absolute atomic E-state index is 0.0279. The van der Waals surface area contributed by atoms with E-state index in [0.717, 1.165) is 62.5 Å². The van der Waals surface area contributed by atoms with Crippen LogP contribution < -0.4 is 10.6 Å². The largest absolute Gasteiger partial charge is 0.394 e. The summed E-state index contributed by atoms with van der Waals surface area (Å²) in [5, 5.41) is 16.3. The van der Waals surface area contributed by atoms with Gasteiger partial charge in [0.25, 0.3) is 0 Å². The average molecular weight is 504 g/mol. The van der Waals surface area contributed by atoms with E-state index in [2.05, 4.69) is 34.9 Å². The lowest BCUT2D eigenvalue weighted by atomic mass is 9.74. The molecule has 3 amide bonds. The number of urea groups is 1. The minimum Gasteiger partial charge on any atom is -0.394 e. The van der Waals surface area contributed by atoms with Crippen LogP contribution in [0.4, 0.5) is 4.79 Å². The van der Waals surface area contributed by atoms with Crippen LogP contribution in [0, 0.1) is 5.92 Å². The van der Waals surface area contributed by atoms with Crippen LogP contribution in [0.15, 0.2) is 54.6 Å². The molecule has 5 rings (SSSR count). The van der Waals surface area contributed by atoms with Crippen LogP contribution in [0.5, 0.6) is 0 Å². The van der Waals surface area contributed by atoms with Crippen LogP contribution in [0.3, 0.4) is 0 Å². The molecule has 2 aromatic carbocycles. The molecule has 3 saturated carbocycles. The lowest BCUT2D eigenvalue weighted by molar-refractivity contribution is -0.127. The summed E-state index contributed by atoms with van der Waals surface area (Å²) in [7, 11) is 0. The number of aliphatic hydroxyl groups excluding tert-OH is 1. The van der Waals surface area contributed by atoms with Crippen molar-refractivity contribution in [2.45, 2.75) is 94.8 Å². The van der Waals surface area contributed by atoms with Crippen molar-refractivity contribution in [3.63, 3.8) is 0 Å². The first-order valence-electron chi connectivity index (χ1n) is 14.2. The molecule has 3 aliphatic carbocycles. The Morgan fingerprint density at radius 1 is 0.865 bits per heavy atom. The molecule has 0 spiro atoms. The number of nitrogens with zero attached hydrogens (tertiary/aromatic N) is 1. The number of hydrogen-bond donors (Lipinski definition) is 3. The van der Waals surface area contributed by atoms with Crippen LogP contribution in [-0.4, -0.2) is 40.6 Å². The van der Waals surface area contributed by atoms with Crippen LogP contribution in [0.25, 0.3) is 0 Å². The zero-order chi connectivity index (χ0) is 25.6. The van der Waals surface area contributed by atoms with Gasteiger partial charge >= 0.3 is 6.03 Å². The van der Waals surface area contributed by atoms with Gasteiger partial charge < -0.3 is 20.6 Å². The van der Waals surface area contributed by atoms with E-state index >= 15 is 0 Å². The number of amides is 3. The third-order valence-electron chi connectivity index (χ3n) is 8.50. The lowest BCUT2D eigenvalue weighted by Crippen LogP contribution is -2.44. The second kappa shape index (κ2) is 12.1. The fraction of sp³-hybridized carbons (Fsp3) is 0.548. The van der Waals surface area contributed by atoms with Gasteiger partial charge in [-0.1, -0.05) is 80.3 Å². The molecule has 3 aliphatic rings. The van der Waals surface area contributed by atoms with Crippen molar-refractivity contribution >= 4 is 11.9 Å². The van der Waals surface area contributed by atoms with Gasteiger partial charge in [0.15, 0.2) is 0 Å². The predicted octanol–water partition coefficient (Wildman–Crippen LogP) is 5.43. The maximum Gasteiger partial charge on any atom is 0.318 e. The molecule has 6 heteroatoms. The van der Waals surface area contributed by atoms with Crippen LogP contribution in [0.1, 0.15) is 92.9 Å². The van der Waals surface area contributed by atoms with Crippen molar-refractivity contribution in [3.05, 3.63) is 71.3 Å². The van der Waals surface area contributed by atoms with E-state index in [-0.39, 0.29) is 36.4 Å². The Labute approximate surface area is 220 Å². The Kier molecular flexibility index (Phi) is 8.45. The van der Waals surface area contributed by atoms with E-state index in [1.807, 2.05) is 35.2 Å². The monoisotopic (exact) mass is 503 g/mol. The van der Waals surface area contributed by atoms with Gasteiger partial charge in [0, 0.05) is 24.5 Å². The molecule has 0 aliphatic heterocycles. The number of hydrogen-bond acceptors (Lipinski definition) is 3. The summed E-state index contributed by atoms with van der Waals surface area (Å²) in [4.78, 5) is 28.4. The Balaban J connectivity index is 1.23. The first kappa shape index (κ1) is 25.8. The van der Waals surface area contributed by atoms with Gasteiger partial charge in [0.1, 0.15) is 0 Å². The normalized spacial score (nSPS) is 22.8. The third kappa shape index (κ3) is 6.53. The first-order valence-corrected chi connectivity index (χ1v) is 14.2.